The van der Waals surface area contributed by atoms with Crippen molar-refractivity contribution in [2.45, 2.75) is 39.5 Å². The van der Waals surface area contributed by atoms with Crippen LogP contribution in [0, 0.1) is 0 Å². The van der Waals surface area contributed by atoms with Crippen LogP contribution < -0.4 is 9.47 Å². The molecule has 0 heterocycles. The Morgan fingerprint density at radius 1 is 0.786 bits per heavy atom. The van der Waals surface area contributed by atoms with Crippen molar-refractivity contribution < 1.29 is 36.7 Å². The van der Waals surface area contributed by atoms with Gasteiger partial charge in [0, 0.05) is 6.42 Å². The largest absolute Gasteiger partial charge is 0.493 e. The number of hydrogen-bond donors (Lipinski definition) is 0. The summed E-state index contributed by atoms with van der Waals surface area (Å²) in [5.41, 5.74) is 0.631. The third-order valence-electron chi connectivity index (χ3n) is 3.85. The highest BCUT2D eigenvalue weighted by molar-refractivity contribution is 7.72. The predicted octanol–water partition coefficient (Wildman–Crippen LogP) is 5.10. The van der Waals surface area contributed by atoms with Crippen molar-refractivity contribution in [3.05, 3.63) is 23.8 Å². The van der Waals surface area contributed by atoms with E-state index in [0.717, 1.165) is 0 Å². The summed E-state index contributed by atoms with van der Waals surface area (Å²) in [6.07, 6.45) is 0.0366. The first-order valence-electron chi connectivity index (χ1n) is 9.33. The molecule has 1 aromatic rings. The van der Waals surface area contributed by atoms with Gasteiger partial charge in [0.1, 0.15) is 0 Å². The summed E-state index contributed by atoms with van der Waals surface area (Å²) in [6, 6.07) is 5.29. The summed E-state index contributed by atoms with van der Waals surface area (Å²) in [5.74, 6) is 0.957. The van der Waals surface area contributed by atoms with Crippen molar-refractivity contribution >= 4 is 15.2 Å². The van der Waals surface area contributed by atoms with Crippen LogP contribution in [0.5, 0.6) is 11.5 Å². The Morgan fingerprint density at radius 3 is 1.61 bits per heavy atom. The molecule has 0 radical (unpaired) electrons. The van der Waals surface area contributed by atoms with Gasteiger partial charge < -0.3 is 27.6 Å². The standard InChI is InChI=1S/C18H32O8P2/c1-7-23-27(19,24-8-2)17(28(20,25-9-3)26-10-4)14-15-12-11-13-16(21-5)18(15)22-6/h11-13,17H,7-10,14H2,1-6H3. The molecule has 0 aliphatic rings. The Labute approximate surface area is 167 Å². The summed E-state index contributed by atoms with van der Waals surface area (Å²) in [6.45, 7) is 7.29. The van der Waals surface area contributed by atoms with E-state index in [1.807, 2.05) is 0 Å². The van der Waals surface area contributed by atoms with E-state index in [-0.39, 0.29) is 32.8 Å². The summed E-state index contributed by atoms with van der Waals surface area (Å²) in [5, 5.41) is -1.15. The molecule has 0 amide bonds. The molecule has 0 aliphatic heterocycles. The average molecular weight is 438 g/mol. The predicted molar refractivity (Wildman–Crippen MR) is 109 cm³/mol. The second-order valence-electron chi connectivity index (χ2n) is 5.59. The molecule has 0 atom stereocenters. The third-order valence-corrected chi connectivity index (χ3v) is 9.85. The van der Waals surface area contributed by atoms with Gasteiger partial charge in [0.25, 0.3) is 0 Å². The van der Waals surface area contributed by atoms with Crippen LogP contribution in [0.2, 0.25) is 0 Å². The second-order valence-corrected chi connectivity index (χ2v) is 10.4. The number of benzene rings is 1. The number of para-hydroxylation sites is 1. The first-order chi connectivity index (χ1) is 13.4. The molecular formula is C18H32O8P2. The van der Waals surface area contributed by atoms with Gasteiger partial charge in [-0.25, -0.2) is 0 Å². The Morgan fingerprint density at radius 2 is 1.25 bits per heavy atom. The van der Waals surface area contributed by atoms with Crippen molar-refractivity contribution in [1.29, 1.82) is 0 Å². The molecule has 162 valence electrons. The van der Waals surface area contributed by atoms with E-state index in [0.29, 0.717) is 17.1 Å². The van der Waals surface area contributed by atoms with E-state index in [9.17, 15) is 9.13 Å². The molecular weight excluding hydrogens is 406 g/mol. The van der Waals surface area contributed by atoms with E-state index in [1.165, 1.54) is 14.2 Å². The van der Waals surface area contributed by atoms with Gasteiger partial charge in [0.05, 0.1) is 40.6 Å². The molecule has 1 rings (SSSR count). The minimum atomic E-state index is -3.84. The molecule has 1 aromatic carbocycles. The molecule has 0 spiro atoms. The maximum atomic E-state index is 13.6. The number of methoxy groups -OCH3 is 2. The van der Waals surface area contributed by atoms with Gasteiger partial charge in [0.15, 0.2) is 16.9 Å². The fourth-order valence-electron chi connectivity index (χ4n) is 2.85. The van der Waals surface area contributed by atoms with Gasteiger partial charge in [0.2, 0.25) is 0 Å². The lowest BCUT2D eigenvalue weighted by atomic mass is 10.1. The van der Waals surface area contributed by atoms with Gasteiger partial charge in [-0.3, -0.25) is 9.13 Å². The zero-order valence-electron chi connectivity index (χ0n) is 17.5. The third kappa shape index (κ3) is 6.06. The Balaban J connectivity index is 3.55. The van der Waals surface area contributed by atoms with Crippen molar-refractivity contribution in [3.8, 4) is 11.5 Å². The average Bonchev–Trinajstić information content (AvgIpc) is 2.66. The van der Waals surface area contributed by atoms with Crippen LogP contribution in [-0.4, -0.2) is 46.0 Å². The highest BCUT2D eigenvalue weighted by atomic mass is 31.2. The van der Waals surface area contributed by atoms with Gasteiger partial charge in [-0.2, -0.15) is 0 Å². The summed E-state index contributed by atoms with van der Waals surface area (Å²) >= 11 is 0. The molecule has 10 heteroatoms. The minimum absolute atomic E-state index is 0.0366. The van der Waals surface area contributed by atoms with Crippen LogP contribution in [0.1, 0.15) is 33.3 Å². The molecule has 0 aliphatic carbocycles. The summed E-state index contributed by atoms with van der Waals surface area (Å²) in [7, 11) is -4.65. The van der Waals surface area contributed by atoms with E-state index in [2.05, 4.69) is 0 Å². The van der Waals surface area contributed by atoms with Crippen molar-refractivity contribution in [2.24, 2.45) is 0 Å². The fraction of sp³-hybridized carbons (Fsp3) is 0.667. The van der Waals surface area contributed by atoms with Gasteiger partial charge in [-0.1, -0.05) is 12.1 Å². The van der Waals surface area contributed by atoms with Crippen molar-refractivity contribution in [2.75, 3.05) is 40.6 Å². The molecule has 8 nitrogen and oxygen atoms in total. The normalized spacial score (nSPS) is 12.4. The molecule has 0 aromatic heterocycles. The number of hydrogen-bond acceptors (Lipinski definition) is 8. The SMILES string of the molecule is CCOP(=O)(OCC)C(Cc1cccc(OC)c1OC)P(=O)(OCC)OCC. The van der Waals surface area contributed by atoms with Crippen LogP contribution in [0.4, 0.5) is 0 Å². The van der Waals surface area contributed by atoms with Gasteiger partial charge >= 0.3 is 15.2 Å². The first kappa shape index (κ1) is 25.2. The van der Waals surface area contributed by atoms with Crippen LogP contribution >= 0.6 is 15.2 Å². The van der Waals surface area contributed by atoms with Crippen LogP contribution in [0.15, 0.2) is 18.2 Å². The van der Waals surface area contributed by atoms with E-state index < -0.39 is 20.6 Å². The maximum absolute atomic E-state index is 13.6. The molecule has 0 saturated carbocycles. The zero-order chi connectivity index (χ0) is 21.2. The molecule has 28 heavy (non-hydrogen) atoms. The highest BCUT2D eigenvalue weighted by Crippen LogP contribution is 2.71. The lowest BCUT2D eigenvalue weighted by molar-refractivity contribution is 0.194. The molecule has 0 bridgehead atoms. The lowest BCUT2D eigenvalue weighted by Crippen LogP contribution is -2.20. The molecule has 0 N–H and O–H groups in total. The quantitative estimate of drug-likeness (QED) is 0.371. The smallest absolute Gasteiger partial charge is 0.346 e. The number of rotatable bonds is 14. The Hall–Kier alpha value is -0.880. The van der Waals surface area contributed by atoms with Gasteiger partial charge in [-0.05, 0) is 39.3 Å². The minimum Gasteiger partial charge on any atom is -0.493 e. The van der Waals surface area contributed by atoms with Crippen LogP contribution in [0.25, 0.3) is 0 Å². The molecule has 0 fully saturated rings. The Kier molecular flexibility index (Phi) is 10.7. The van der Waals surface area contributed by atoms with Crippen molar-refractivity contribution in [1.82, 2.24) is 0 Å². The Bertz CT molecular complexity index is 644. The summed E-state index contributed by atoms with van der Waals surface area (Å²) in [4.78, 5) is 0. The maximum Gasteiger partial charge on any atom is 0.346 e. The van der Waals surface area contributed by atoms with Gasteiger partial charge in [-0.15, -0.1) is 0 Å². The van der Waals surface area contributed by atoms with Crippen molar-refractivity contribution in [3.63, 3.8) is 0 Å². The highest BCUT2D eigenvalue weighted by Gasteiger charge is 2.51. The molecule has 0 unspecified atom stereocenters. The monoisotopic (exact) mass is 438 g/mol. The molecule has 0 saturated heterocycles. The zero-order valence-corrected chi connectivity index (χ0v) is 19.3. The number of ether oxygens (including phenoxy) is 2. The van der Waals surface area contributed by atoms with E-state index >= 15 is 0 Å². The summed E-state index contributed by atoms with van der Waals surface area (Å²) < 4.78 is 60.0. The fourth-order valence-corrected chi connectivity index (χ4v) is 8.15. The lowest BCUT2D eigenvalue weighted by Gasteiger charge is -2.31. The van der Waals surface area contributed by atoms with Crippen LogP contribution in [0.3, 0.4) is 0 Å². The van der Waals surface area contributed by atoms with E-state index in [1.54, 1.807) is 45.9 Å². The first-order valence-corrected chi connectivity index (χ1v) is 12.5. The van der Waals surface area contributed by atoms with Crippen LogP contribution in [-0.2, 0) is 33.6 Å². The van der Waals surface area contributed by atoms with E-state index in [4.69, 9.17) is 27.6 Å². The topological polar surface area (TPSA) is 89.5 Å². The second kappa shape index (κ2) is 12.0.